The molecule has 5 heteroatoms. The standard InChI is InChI=1S/C11H22N4O/c1-3-11(16,4-2)9-15-8-10(13-14-15)6-5-7-12/h8,16H,3-7,9,12H2,1-2H3. The topological polar surface area (TPSA) is 77.0 Å². The van der Waals surface area contributed by atoms with Crippen LogP contribution in [0.3, 0.4) is 0 Å². The van der Waals surface area contributed by atoms with Crippen molar-refractivity contribution in [3.8, 4) is 0 Å². The zero-order valence-electron chi connectivity index (χ0n) is 10.2. The van der Waals surface area contributed by atoms with Crippen molar-refractivity contribution in [1.82, 2.24) is 15.0 Å². The monoisotopic (exact) mass is 226 g/mol. The summed E-state index contributed by atoms with van der Waals surface area (Å²) in [6, 6.07) is 0. The summed E-state index contributed by atoms with van der Waals surface area (Å²) in [5.41, 5.74) is 5.71. The van der Waals surface area contributed by atoms with E-state index in [1.165, 1.54) is 0 Å². The largest absolute Gasteiger partial charge is 0.388 e. The predicted molar refractivity (Wildman–Crippen MR) is 62.9 cm³/mol. The molecule has 0 aliphatic heterocycles. The second kappa shape index (κ2) is 5.96. The van der Waals surface area contributed by atoms with E-state index in [1.54, 1.807) is 4.68 Å². The summed E-state index contributed by atoms with van der Waals surface area (Å²) in [4.78, 5) is 0. The van der Waals surface area contributed by atoms with E-state index in [1.807, 2.05) is 20.0 Å². The van der Waals surface area contributed by atoms with E-state index >= 15 is 0 Å². The molecule has 16 heavy (non-hydrogen) atoms. The van der Waals surface area contributed by atoms with Crippen LogP contribution in [-0.4, -0.2) is 32.2 Å². The summed E-state index contributed by atoms with van der Waals surface area (Å²) in [5.74, 6) is 0. The van der Waals surface area contributed by atoms with E-state index in [2.05, 4.69) is 10.3 Å². The SMILES string of the molecule is CCC(O)(CC)Cn1cc(CCCN)nn1. The quantitative estimate of drug-likeness (QED) is 0.718. The Balaban J connectivity index is 2.57. The van der Waals surface area contributed by atoms with Crippen molar-refractivity contribution in [2.45, 2.75) is 51.7 Å². The molecule has 5 nitrogen and oxygen atoms in total. The molecule has 0 aliphatic carbocycles. The molecule has 0 bridgehead atoms. The molecule has 3 N–H and O–H groups in total. The number of nitrogens with two attached hydrogens (primary N) is 1. The Bertz CT molecular complexity index is 307. The highest BCUT2D eigenvalue weighted by atomic mass is 16.3. The van der Waals surface area contributed by atoms with Crippen molar-refractivity contribution in [2.75, 3.05) is 6.54 Å². The van der Waals surface area contributed by atoms with Crippen LogP contribution in [0.5, 0.6) is 0 Å². The number of aliphatic hydroxyl groups is 1. The Morgan fingerprint density at radius 2 is 2.12 bits per heavy atom. The highest BCUT2D eigenvalue weighted by molar-refractivity contribution is 4.93. The molecule has 0 aromatic carbocycles. The molecule has 0 saturated carbocycles. The van der Waals surface area contributed by atoms with Crippen molar-refractivity contribution in [2.24, 2.45) is 5.73 Å². The van der Waals surface area contributed by atoms with Gasteiger partial charge in [-0.05, 0) is 32.2 Å². The van der Waals surface area contributed by atoms with Crippen LogP contribution in [0.15, 0.2) is 6.20 Å². The molecule has 0 unspecified atom stereocenters. The molecular formula is C11H22N4O. The van der Waals surface area contributed by atoms with Crippen LogP contribution in [0, 0.1) is 0 Å². The van der Waals surface area contributed by atoms with E-state index in [0.29, 0.717) is 13.1 Å². The molecule has 0 amide bonds. The number of aromatic nitrogens is 3. The van der Waals surface area contributed by atoms with Gasteiger partial charge in [0.2, 0.25) is 0 Å². The van der Waals surface area contributed by atoms with Gasteiger partial charge in [0, 0.05) is 6.20 Å². The van der Waals surface area contributed by atoms with E-state index in [0.717, 1.165) is 31.4 Å². The number of hydrogen-bond donors (Lipinski definition) is 2. The summed E-state index contributed by atoms with van der Waals surface area (Å²) in [5, 5.41) is 18.2. The molecular weight excluding hydrogens is 204 g/mol. The number of hydrogen-bond acceptors (Lipinski definition) is 4. The molecule has 1 aromatic rings. The Morgan fingerprint density at radius 1 is 1.44 bits per heavy atom. The van der Waals surface area contributed by atoms with Crippen molar-refractivity contribution < 1.29 is 5.11 Å². The van der Waals surface area contributed by atoms with Crippen molar-refractivity contribution >= 4 is 0 Å². The molecule has 0 fully saturated rings. The fraction of sp³-hybridized carbons (Fsp3) is 0.818. The van der Waals surface area contributed by atoms with Crippen LogP contribution in [0.2, 0.25) is 0 Å². The molecule has 0 saturated heterocycles. The minimum Gasteiger partial charge on any atom is -0.388 e. The van der Waals surface area contributed by atoms with Gasteiger partial charge in [-0.3, -0.25) is 0 Å². The Labute approximate surface area is 96.6 Å². The zero-order valence-corrected chi connectivity index (χ0v) is 10.2. The highest BCUT2D eigenvalue weighted by Gasteiger charge is 2.23. The van der Waals surface area contributed by atoms with Crippen molar-refractivity contribution in [1.29, 1.82) is 0 Å². The Morgan fingerprint density at radius 3 is 2.69 bits per heavy atom. The van der Waals surface area contributed by atoms with Crippen LogP contribution in [-0.2, 0) is 13.0 Å². The first-order valence-corrected chi connectivity index (χ1v) is 5.95. The maximum absolute atomic E-state index is 10.2. The van der Waals surface area contributed by atoms with Crippen molar-refractivity contribution in [3.63, 3.8) is 0 Å². The van der Waals surface area contributed by atoms with Gasteiger partial charge < -0.3 is 10.8 Å². The van der Waals surface area contributed by atoms with Crippen LogP contribution < -0.4 is 5.73 Å². The summed E-state index contributed by atoms with van der Waals surface area (Å²) in [6.07, 6.45) is 5.12. The lowest BCUT2D eigenvalue weighted by atomic mass is 9.98. The number of nitrogens with zero attached hydrogens (tertiary/aromatic N) is 3. The average Bonchev–Trinajstić information content (AvgIpc) is 2.73. The van der Waals surface area contributed by atoms with Gasteiger partial charge in [-0.15, -0.1) is 5.10 Å². The smallest absolute Gasteiger partial charge is 0.0838 e. The van der Waals surface area contributed by atoms with Gasteiger partial charge >= 0.3 is 0 Å². The lowest BCUT2D eigenvalue weighted by molar-refractivity contribution is 0.0114. The molecule has 1 heterocycles. The highest BCUT2D eigenvalue weighted by Crippen LogP contribution is 2.16. The van der Waals surface area contributed by atoms with Gasteiger partial charge in [-0.1, -0.05) is 19.1 Å². The third kappa shape index (κ3) is 3.57. The molecule has 92 valence electrons. The van der Waals surface area contributed by atoms with Crippen LogP contribution in [0.25, 0.3) is 0 Å². The average molecular weight is 226 g/mol. The van der Waals surface area contributed by atoms with E-state index in [-0.39, 0.29) is 0 Å². The third-order valence-electron chi connectivity index (χ3n) is 3.00. The van der Waals surface area contributed by atoms with Crippen LogP contribution >= 0.6 is 0 Å². The summed E-state index contributed by atoms with van der Waals surface area (Å²) in [7, 11) is 0. The fourth-order valence-corrected chi connectivity index (χ4v) is 1.59. The van der Waals surface area contributed by atoms with Gasteiger partial charge in [0.05, 0.1) is 17.8 Å². The first-order valence-electron chi connectivity index (χ1n) is 5.95. The van der Waals surface area contributed by atoms with E-state index in [4.69, 9.17) is 5.73 Å². The second-order valence-corrected chi connectivity index (χ2v) is 4.23. The second-order valence-electron chi connectivity index (χ2n) is 4.23. The predicted octanol–water partition coefficient (Wildman–Crippen LogP) is 0.720. The van der Waals surface area contributed by atoms with E-state index < -0.39 is 5.60 Å². The Hall–Kier alpha value is -0.940. The minimum atomic E-state index is -0.668. The van der Waals surface area contributed by atoms with Gasteiger partial charge in [0.1, 0.15) is 0 Å². The number of aryl methyl sites for hydroxylation is 1. The maximum Gasteiger partial charge on any atom is 0.0838 e. The Kier molecular flexibility index (Phi) is 4.89. The lowest BCUT2D eigenvalue weighted by Gasteiger charge is -2.24. The first kappa shape index (κ1) is 13.1. The zero-order chi connectivity index (χ0) is 12.0. The van der Waals surface area contributed by atoms with Gasteiger partial charge in [-0.25, -0.2) is 4.68 Å². The molecule has 0 aliphatic rings. The summed E-state index contributed by atoms with van der Waals surface area (Å²) < 4.78 is 1.72. The van der Waals surface area contributed by atoms with Gasteiger partial charge in [-0.2, -0.15) is 0 Å². The van der Waals surface area contributed by atoms with E-state index in [9.17, 15) is 5.11 Å². The molecule has 0 spiro atoms. The van der Waals surface area contributed by atoms with Crippen LogP contribution in [0.4, 0.5) is 0 Å². The van der Waals surface area contributed by atoms with Crippen LogP contribution in [0.1, 0.15) is 38.8 Å². The first-order chi connectivity index (χ1) is 7.63. The molecule has 1 aromatic heterocycles. The third-order valence-corrected chi connectivity index (χ3v) is 3.00. The number of rotatable bonds is 7. The fourth-order valence-electron chi connectivity index (χ4n) is 1.59. The molecule has 0 radical (unpaired) electrons. The van der Waals surface area contributed by atoms with Gasteiger partial charge in [0.25, 0.3) is 0 Å². The lowest BCUT2D eigenvalue weighted by Crippen LogP contribution is -2.32. The van der Waals surface area contributed by atoms with Gasteiger partial charge in [0.15, 0.2) is 0 Å². The normalized spacial score (nSPS) is 12.0. The minimum absolute atomic E-state index is 0.510. The molecule has 0 atom stereocenters. The van der Waals surface area contributed by atoms with Crippen molar-refractivity contribution in [3.05, 3.63) is 11.9 Å². The summed E-state index contributed by atoms with van der Waals surface area (Å²) in [6.45, 7) is 5.14. The maximum atomic E-state index is 10.2. The summed E-state index contributed by atoms with van der Waals surface area (Å²) >= 11 is 0. The molecule has 1 rings (SSSR count).